The molecule has 0 saturated carbocycles. The van der Waals surface area contributed by atoms with E-state index in [9.17, 15) is 9.59 Å². The fourth-order valence-corrected chi connectivity index (χ4v) is 4.22. The van der Waals surface area contributed by atoms with Crippen molar-refractivity contribution in [1.29, 1.82) is 0 Å². The van der Waals surface area contributed by atoms with Crippen molar-refractivity contribution < 1.29 is 9.59 Å². The largest absolute Gasteiger partial charge is 0.338 e. The van der Waals surface area contributed by atoms with E-state index >= 15 is 0 Å². The summed E-state index contributed by atoms with van der Waals surface area (Å²) in [6, 6.07) is 17.0. The zero-order valence-electron chi connectivity index (χ0n) is 16.5. The first-order chi connectivity index (χ1) is 14.7. The Bertz CT molecular complexity index is 977. The number of piperidine rings is 1. The molecular weight excluding hydrogens is 398 g/mol. The van der Waals surface area contributed by atoms with E-state index in [0.717, 1.165) is 35.0 Å². The molecule has 2 heterocycles. The maximum atomic E-state index is 12.9. The number of rotatable bonds is 6. The van der Waals surface area contributed by atoms with Crippen LogP contribution < -0.4 is 5.32 Å². The molecule has 0 bridgehead atoms. The number of carbonyl (C=O) groups is 2. The minimum absolute atomic E-state index is 0.0263. The summed E-state index contributed by atoms with van der Waals surface area (Å²) in [6.45, 7) is 1.12. The van der Waals surface area contributed by atoms with Crippen LogP contribution in [0.1, 0.15) is 28.8 Å². The number of anilines is 1. The van der Waals surface area contributed by atoms with Gasteiger partial charge in [0.25, 0.3) is 5.91 Å². The van der Waals surface area contributed by atoms with Crippen molar-refractivity contribution in [3.8, 4) is 0 Å². The van der Waals surface area contributed by atoms with E-state index in [1.54, 1.807) is 16.7 Å². The molecule has 2 aromatic carbocycles. The number of hydrogen-bond acceptors (Lipinski definition) is 5. The first-order valence-electron chi connectivity index (χ1n) is 9.91. The molecule has 7 nitrogen and oxygen atoms in total. The average molecular weight is 422 g/mol. The number of carbonyl (C=O) groups excluding carboxylic acids is 2. The van der Waals surface area contributed by atoms with E-state index in [4.69, 9.17) is 0 Å². The maximum absolute atomic E-state index is 12.9. The van der Waals surface area contributed by atoms with Crippen molar-refractivity contribution in [3.63, 3.8) is 0 Å². The second-order valence-electron chi connectivity index (χ2n) is 7.22. The summed E-state index contributed by atoms with van der Waals surface area (Å²) < 4.78 is 0. The van der Waals surface area contributed by atoms with Gasteiger partial charge in [-0.3, -0.25) is 14.7 Å². The van der Waals surface area contributed by atoms with Crippen molar-refractivity contribution in [2.75, 3.05) is 18.4 Å². The number of likely N-dealkylation sites (tertiary alicyclic amines) is 1. The summed E-state index contributed by atoms with van der Waals surface area (Å²) >= 11 is 1.56. The van der Waals surface area contributed by atoms with Gasteiger partial charge in [0.2, 0.25) is 5.91 Å². The second-order valence-corrected chi connectivity index (χ2v) is 8.19. The monoisotopic (exact) mass is 421 g/mol. The topological polar surface area (TPSA) is 91.0 Å². The highest BCUT2D eigenvalue weighted by atomic mass is 32.2. The number of thioether (sulfide) groups is 1. The van der Waals surface area contributed by atoms with E-state index in [2.05, 4.69) is 20.5 Å². The first kappa shape index (κ1) is 20.2. The number of nitrogens with one attached hydrogen (secondary N) is 2. The molecule has 8 heteroatoms. The Morgan fingerprint density at radius 2 is 1.93 bits per heavy atom. The van der Waals surface area contributed by atoms with E-state index in [-0.39, 0.29) is 17.7 Å². The number of H-pyrrole nitrogens is 1. The Kier molecular flexibility index (Phi) is 6.44. The summed E-state index contributed by atoms with van der Waals surface area (Å²) in [5.74, 6) is 0.496. The van der Waals surface area contributed by atoms with E-state index in [0.29, 0.717) is 18.7 Å². The van der Waals surface area contributed by atoms with Gasteiger partial charge in [-0.15, -0.1) is 0 Å². The third kappa shape index (κ3) is 5.07. The van der Waals surface area contributed by atoms with E-state index in [1.165, 1.54) is 6.33 Å². The molecule has 4 rings (SSSR count). The van der Waals surface area contributed by atoms with Crippen LogP contribution in [-0.4, -0.2) is 45.0 Å². The van der Waals surface area contributed by atoms with Gasteiger partial charge in [0.15, 0.2) is 5.16 Å². The van der Waals surface area contributed by atoms with Crippen LogP contribution in [0.3, 0.4) is 0 Å². The number of para-hydroxylation sites is 1. The fourth-order valence-electron chi connectivity index (χ4n) is 3.48. The molecule has 2 N–H and O–H groups in total. The number of aromatic nitrogens is 3. The lowest BCUT2D eigenvalue weighted by Gasteiger charge is -2.32. The van der Waals surface area contributed by atoms with Crippen molar-refractivity contribution in [3.05, 3.63) is 72.1 Å². The minimum Gasteiger partial charge on any atom is -0.338 e. The quantitative estimate of drug-likeness (QED) is 0.594. The summed E-state index contributed by atoms with van der Waals surface area (Å²) in [5, 5.41) is 10.4. The molecule has 30 heavy (non-hydrogen) atoms. The number of aromatic amines is 1. The van der Waals surface area contributed by atoms with Crippen LogP contribution in [-0.2, 0) is 10.5 Å². The number of amides is 2. The molecule has 1 fully saturated rings. The predicted molar refractivity (Wildman–Crippen MR) is 116 cm³/mol. The fraction of sp³-hybridized carbons (Fsp3) is 0.273. The van der Waals surface area contributed by atoms with Crippen LogP contribution in [0.15, 0.2) is 66.1 Å². The molecule has 1 aliphatic rings. The van der Waals surface area contributed by atoms with Crippen molar-refractivity contribution >= 4 is 29.3 Å². The second kappa shape index (κ2) is 9.58. The van der Waals surface area contributed by atoms with Crippen LogP contribution in [0, 0.1) is 5.92 Å². The highest BCUT2D eigenvalue weighted by Gasteiger charge is 2.29. The third-order valence-corrected chi connectivity index (χ3v) is 6.04. The van der Waals surface area contributed by atoms with Crippen molar-refractivity contribution in [1.82, 2.24) is 20.1 Å². The van der Waals surface area contributed by atoms with Crippen LogP contribution >= 0.6 is 11.8 Å². The lowest BCUT2D eigenvalue weighted by Crippen LogP contribution is -2.43. The van der Waals surface area contributed by atoms with Crippen LogP contribution in [0.25, 0.3) is 0 Å². The highest BCUT2D eigenvalue weighted by molar-refractivity contribution is 7.98. The first-order valence-corrected chi connectivity index (χ1v) is 10.9. The summed E-state index contributed by atoms with van der Waals surface area (Å²) in [6.07, 6.45) is 3.10. The van der Waals surface area contributed by atoms with Gasteiger partial charge in [-0.05, 0) is 42.7 Å². The minimum atomic E-state index is -0.194. The molecule has 0 spiro atoms. The van der Waals surface area contributed by atoms with Crippen LogP contribution in [0.4, 0.5) is 5.69 Å². The number of benzene rings is 2. The Morgan fingerprint density at radius 3 is 2.67 bits per heavy atom. The Labute approximate surface area is 179 Å². The normalized spacial score (nSPS) is 16.3. The van der Waals surface area contributed by atoms with Crippen molar-refractivity contribution in [2.24, 2.45) is 5.92 Å². The maximum Gasteiger partial charge on any atom is 0.253 e. The van der Waals surface area contributed by atoms with Gasteiger partial charge in [0, 0.05) is 30.1 Å². The molecular formula is C22H23N5O2S. The van der Waals surface area contributed by atoms with Crippen LogP contribution in [0.2, 0.25) is 0 Å². The summed E-state index contributed by atoms with van der Waals surface area (Å²) in [7, 11) is 0. The standard InChI is InChI=1S/C22H23N5O2S/c28-20(25-19-6-2-1-3-7-19)18-5-4-12-27(13-18)21(29)17-10-8-16(9-11-17)14-30-22-23-15-24-26-22/h1-3,6-11,15,18H,4-5,12-14H2,(H,25,28)(H,23,24,26)/t18-/m1/s1. The molecule has 0 unspecified atom stereocenters. The highest BCUT2D eigenvalue weighted by Crippen LogP contribution is 2.22. The van der Waals surface area contributed by atoms with Gasteiger partial charge in [-0.25, -0.2) is 4.98 Å². The molecule has 0 aliphatic carbocycles. The molecule has 1 aromatic heterocycles. The molecule has 1 atom stereocenters. The van der Waals surface area contributed by atoms with E-state index < -0.39 is 0 Å². The van der Waals surface area contributed by atoms with Gasteiger partial charge in [0.1, 0.15) is 6.33 Å². The Balaban J connectivity index is 1.33. The average Bonchev–Trinajstić information content (AvgIpc) is 3.32. The van der Waals surface area contributed by atoms with Crippen molar-refractivity contribution in [2.45, 2.75) is 23.8 Å². The predicted octanol–water partition coefficient (Wildman–Crippen LogP) is 3.59. The van der Waals surface area contributed by atoms with Gasteiger partial charge < -0.3 is 10.2 Å². The lowest BCUT2D eigenvalue weighted by molar-refractivity contribution is -0.121. The van der Waals surface area contributed by atoms with Gasteiger partial charge in [-0.2, -0.15) is 5.10 Å². The number of hydrogen-bond donors (Lipinski definition) is 2. The zero-order valence-corrected chi connectivity index (χ0v) is 17.3. The molecule has 2 amide bonds. The van der Waals surface area contributed by atoms with E-state index in [1.807, 2.05) is 54.6 Å². The van der Waals surface area contributed by atoms with Crippen LogP contribution in [0.5, 0.6) is 0 Å². The molecule has 1 saturated heterocycles. The Morgan fingerprint density at radius 1 is 1.13 bits per heavy atom. The molecule has 0 radical (unpaired) electrons. The lowest BCUT2D eigenvalue weighted by atomic mass is 9.96. The van der Waals surface area contributed by atoms with Gasteiger partial charge >= 0.3 is 0 Å². The van der Waals surface area contributed by atoms with Gasteiger partial charge in [0.05, 0.1) is 5.92 Å². The Hall–Kier alpha value is -3.13. The molecule has 1 aliphatic heterocycles. The van der Waals surface area contributed by atoms with Gasteiger partial charge in [-0.1, -0.05) is 42.1 Å². The molecule has 3 aromatic rings. The summed E-state index contributed by atoms with van der Waals surface area (Å²) in [4.78, 5) is 31.4. The SMILES string of the molecule is O=C(Nc1ccccc1)[C@@H]1CCCN(C(=O)c2ccc(CSc3ncn[nH]3)cc2)C1. The third-order valence-electron chi connectivity index (χ3n) is 5.09. The molecule has 154 valence electrons. The number of nitrogens with zero attached hydrogens (tertiary/aromatic N) is 3. The zero-order chi connectivity index (χ0) is 20.8. The summed E-state index contributed by atoms with van der Waals surface area (Å²) in [5.41, 5.74) is 2.53. The smallest absolute Gasteiger partial charge is 0.253 e.